The van der Waals surface area contributed by atoms with Crippen LogP contribution in [0.4, 0.5) is 5.69 Å². The van der Waals surface area contributed by atoms with Crippen molar-refractivity contribution < 1.29 is 9.53 Å². The van der Waals surface area contributed by atoms with Crippen molar-refractivity contribution in [3.63, 3.8) is 0 Å². The Morgan fingerprint density at radius 3 is 2.72 bits per heavy atom. The number of nitrogens with zero attached hydrogens (tertiary/aromatic N) is 1. The molecular weight excluding hydrogens is 228 g/mol. The first-order chi connectivity index (χ1) is 8.52. The molecule has 18 heavy (non-hydrogen) atoms. The molecule has 1 aromatic rings. The molecule has 0 aromatic heterocycles. The molecule has 0 heterocycles. The lowest BCUT2D eigenvalue weighted by Gasteiger charge is -2.28. The molecule has 1 atom stereocenters. The number of anilines is 1. The van der Waals surface area contributed by atoms with Crippen LogP contribution in [-0.4, -0.2) is 37.1 Å². The van der Waals surface area contributed by atoms with Crippen molar-refractivity contribution in [2.75, 3.05) is 26.0 Å². The van der Waals surface area contributed by atoms with Gasteiger partial charge in [-0.05, 0) is 38.5 Å². The molecule has 0 fully saturated rings. The van der Waals surface area contributed by atoms with Crippen LogP contribution >= 0.6 is 0 Å². The Hall–Kier alpha value is -1.55. The molecule has 1 amide bonds. The average Bonchev–Trinajstić information content (AvgIpc) is 2.33. The maximum absolute atomic E-state index is 12.5. The predicted octanol–water partition coefficient (Wildman–Crippen LogP) is 2.07. The van der Waals surface area contributed by atoms with E-state index in [2.05, 4.69) is 0 Å². The van der Waals surface area contributed by atoms with Crippen LogP contribution in [0.25, 0.3) is 0 Å². The topological polar surface area (TPSA) is 55.6 Å². The fourth-order valence-electron chi connectivity index (χ4n) is 2.03. The summed E-state index contributed by atoms with van der Waals surface area (Å²) < 4.78 is 5.11. The van der Waals surface area contributed by atoms with Gasteiger partial charge in [0.05, 0.1) is 12.6 Å². The molecule has 0 aliphatic rings. The van der Waals surface area contributed by atoms with Crippen LogP contribution in [0.3, 0.4) is 0 Å². The van der Waals surface area contributed by atoms with E-state index in [0.717, 1.165) is 5.56 Å². The first kappa shape index (κ1) is 14.5. The number of ether oxygens (including phenoxy) is 1. The molecule has 2 N–H and O–H groups in total. The van der Waals surface area contributed by atoms with E-state index in [1.807, 2.05) is 32.9 Å². The molecule has 1 aromatic carbocycles. The minimum absolute atomic E-state index is 0.00634. The molecule has 1 unspecified atom stereocenters. The third-order valence-corrected chi connectivity index (χ3v) is 3.15. The van der Waals surface area contributed by atoms with Gasteiger partial charge in [0.2, 0.25) is 0 Å². The van der Waals surface area contributed by atoms with Gasteiger partial charge in [0, 0.05) is 24.9 Å². The summed E-state index contributed by atoms with van der Waals surface area (Å²) in [5.74, 6) is 0.00634. The molecule has 0 bridgehead atoms. The maximum atomic E-state index is 12.5. The van der Waals surface area contributed by atoms with Gasteiger partial charge in [0.1, 0.15) is 0 Å². The quantitative estimate of drug-likeness (QED) is 0.814. The Bertz CT molecular complexity index is 418. The Labute approximate surface area is 109 Å². The number of methoxy groups -OCH3 is 1. The van der Waals surface area contributed by atoms with Crippen LogP contribution in [0.5, 0.6) is 0 Å². The number of carbonyl (C=O) groups is 1. The van der Waals surface area contributed by atoms with Gasteiger partial charge in [-0.1, -0.05) is 6.07 Å². The van der Waals surface area contributed by atoms with Crippen LogP contribution in [0, 0.1) is 6.92 Å². The molecule has 0 spiro atoms. The lowest BCUT2D eigenvalue weighted by molar-refractivity contribution is 0.0578. The maximum Gasteiger partial charge on any atom is 0.254 e. The Morgan fingerprint density at radius 1 is 1.50 bits per heavy atom. The monoisotopic (exact) mass is 250 g/mol. The van der Waals surface area contributed by atoms with Crippen molar-refractivity contribution in [3.05, 3.63) is 29.3 Å². The summed E-state index contributed by atoms with van der Waals surface area (Å²) in [4.78, 5) is 14.3. The molecule has 0 aliphatic carbocycles. The third-order valence-electron chi connectivity index (χ3n) is 3.15. The largest absolute Gasteiger partial charge is 0.398 e. The first-order valence-electron chi connectivity index (χ1n) is 6.17. The van der Waals surface area contributed by atoms with Gasteiger partial charge in [-0.3, -0.25) is 4.79 Å². The summed E-state index contributed by atoms with van der Waals surface area (Å²) in [6, 6.07) is 5.48. The normalized spacial score (nSPS) is 12.2. The summed E-state index contributed by atoms with van der Waals surface area (Å²) in [6.07, 6.45) is 0. The van der Waals surface area contributed by atoms with E-state index in [1.165, 1.54) is 0 Å². The van der Waals surface area contributed by atoms with Gasteiger partial charge in [-0.2, -0.15) is 0 Å². The number of rotatable bonds is 5. The van der Waals surface area contributed by atoms with Gasteiger partial charge in [-0.25, -0.2) is 0 Å². The molecule has 4 heteroatoms. The number of carbonyl (C=O) groups excluding carboxylic acids is 1. The van der Waals surface area contributed by atoms with Crippen molar-refractivity contribution in [3.8, 4) is 0 Å². The van der Waals surface area contributed by atoms with E-state index >= 15 is 0 Å². The number of hydrogen-bond donors (Lipinski definition) is 1. The van der Waals surface area contributed by atoms with Gasteiger partial charge < -0.3 is 15.4 Å². The van der Waals surface area contributed by atoms with Crippen molar-refractivity contribution in [1.29, 1.82) is 0 Å². The summed E-state index contributed by atoms with van der Waals surface area (Å²) >= 11 is 0. The van der Waals surface area contributed by atoms with E-state index in [-0.39, 0.29) is 11.9 Å². The number of hydrogen-bond acceptors (Lipinski definition) is 3. The summed E-state index contributed by atoms with van der Waals surface area (Å²) in [5.41, 5.74) is 7.99. The highest BCUT2D eigenvalue weighted by atomic mass is 16.5. The SMILES string of the molecule is CCN(C(=O)c1cccc(N)c1C)C(C)COC. The summed E-state index contributed by atoms with van der Waals surface area (Å²) in [7, 11) is 1.64. The van der Waals surface area contributed by atoms with Gasteiger partial charge in [0.15, 0.2) is 0 Å². The van der Waals surface area contributed by atoms with Crippen LogP contribution in [-0.2, 0) is 4.74 Å². The lowest BCUT2D eigenvalue weighted by atomic mass is 10.0. The summed E-state index contributed by atoms with van der Waals surface area (Å²) in [6.45, 7) is 6.99. The van der Waals surface area contributed by atoms with Gasteiger partial charge in [0.25, 0.3) is 5.91 Å². The fraction of sp³-hybridized carbons (Fsp3) is 0.500. The molecule has 1 rings (SSSR count). The Kier molecular flexibility index (Phi) is 5.16. The molecular formula is C14H22N2O2. The van der Waals surface area contributed by atoms with E-state index in [1.54, 1.807) is 18.1 Å². The van der Waals surface area contributed by atoms with Crippen molar-refractivity contribution in [2.45, 2.75) is 26.8 Å². The number of nitrogen functional groups attached to an aromatic ring is 1. The highest BCUT2D eigenvalue weighted by Gasteiger charge is 2.21. The standard InChI is InChI=1S/C14H22N2O2/c1-5-16(10(2)9-18-4)14(17)12-7-6-8-13(15)11(12)3/h6-8,10H,5,9,15H2,1-4H3. The van der Waals surface area contributed by atoms with Crippen LogP contribution < -0.4 is 5.73 Å². The molecule has 100 valence electrons. The fourth-order valence-corrected chi connectivity index (χ4v) is 2.03. The number of nitrogens with two attached hydrogens (primary N) is 1. The predicted molar refractivity (Wildman–Crippen MR) is 73.6 cm³/mol. The smallest absolute Gasteiger partial charge is 0.254 e. The van der Waals surface area contributed by atoms with Gasteiger partial charge in [-0.15, -0.1) is 0 Å². The number of benzene rings is 1. The van der Waals surface area contributed by atoms with E-state index in [0.29, 0.717) is 24.4 Å². The van der Waals surface area contributed by atoms with Crippen molar-refractivity contribution in [1.82, 2.24) is 4.90 Å². The zero-order valence-corrected chi connectivity index (χ0v) is 11.6. The molecule has 4 nitrogen and oxygen atoms in total. The van der Waals surface area contributed by atoms with E-state index in [4.69, 9.17) is 10.5 Å². The second kappa shape index (κ2) is 6.40. The Balaban J connectivity index is 3.00. The lowest BCUT2D eigenvalue weighted by Crippen LogP contribution is -2.41. The zero-order chi connectivity index (χ0) is 13.7. The molecule has 0 saturated heterocycles. The van der Waals surface area contributed by atoms with E-state index in [9.17, 15) is 4.79 Å². The Morgan fingerprint density at radius 2 is 2.17 bits per heavy atom. The summed E-state index contributed by atoms with van der Waals surface area (Å²) in [5, 5.41) is 0. The van der Waals surface area contributed by atoms with Gasteiger partial charge >= 0.3 is 0 Å². The zero-order valence-electron chi connectivity index (χ0n) is 11.6. The van der Waals surface area contributed by atoms with Crippen molar-refractivity contribution in [2.24, 2.45) is 0 Å². The molecule has 0 saturated carbocycles. The van der Waals surface area contributed by atoms with Crippen LogP contribution in [0.2, 0.25) is 0 Å². The highest BCUT2D eigenvalue weighted by Crippen LogP contribution is 2.18. The van der Waals surface area contributed by atoms with Crippen LogP contribution in [0.1, 0.15) is 29.8 Å². The third kappa shape index (κ3) is 3.01. The highest BCUT2D eigenvalue weighted by molar-refractivity contribution is 5.97. The average molecular weight is 250 g/mol. The second-order valence-electron chi connectivity index (χ2n) is 4.42. The first-order valence-corrected chi connectivity index (χ1v) is 6.17. The van der Waals surface area contributed by atoms with Crippen LogP contribution in [0.15, 0.2) is 18.2 Å². The second-order valence-corrected chi connectivity index (χ2v) is 4.42. The minimum atomic E-state index is 0.00634. The number of likely N-dealkylation sites (N-methyl/N-ethyl adjacent to an activating group) is 1. The van der Waals surface area contributed by atoms with E-state index < -0.39 is 0 Å². The van der Waals surface area contributed by atoms with Crippen molar-refractivity contribution >= 4 is 11.6 Å². The molecule has 0 radical (unpaired) electrons. The number of amides is 1. The molecule has 0 aliphatic heterocycles. The minimum Gasteiger partial charge on any atom is -0.398 e.